The zero-order valence-corrected chi connectivity index (χ0v) is 15.3. The fourth-order valence-electron chi connectivity index (χ4n) is 3.49. The second-order valence-electron chi connectivity index (χ2n) is 6.71. The fourth-order valence-corrected chi connectivity index (χ4v) is 3.49. The Labute approximate surface area is 155 Å². The average molecular weight is 353 g/mol. The van der Waals surface area contributed by atoms with Crippen LogP contribution < -0.4 is 10.1 Å². The number of ether oxygens (including phenoxy) is 2. The standard InChI is InChI=1S/C22H27NO3/c1-2-25-22(24)21(17-9-5-3-6-10-17)23-18-13-15-20(16-14-18)26-19-11-7-4-8-12-19/h4,7-8,11-17,21,23H,2-3,5-6,9-10H2,1H3. The molecule has 2 aromatic carbocycles. The van der Waals surface area contributed by atoms with E-state index in [0.717, 1.165) is 30.0 Å². The molecule has 0 aliphatic heterocycles. The molecule has 3 rings (SSSR count). The van der Waals surface area contributed by atoms with Crippen LogP contribution in [-0.2, 0) is 9.53 Å². The van der Waals surface area contributed by atoms with Gasteiger partial charge in [-0.15, -0.1) is 0 Å². The van der Waals surface area contributed by atoms with Crippen molar-refractivity contribution in [2.45, 2.75) is 45.1 Å². The third-order valence-electron chi connectivity index (χ3n) is 4.82. The van der Waals surface area contributed by atoms with Crippen molar-refractivity contribution < 1.29 is 14.3 Å². The second kappa shape index (κ2) is 9.27. The topological polar surface area (TPSA) is 47.6 Å². The molecule has 0 bridgehead atoms. The number of anilines is 1. The lowest BCUT2D eigenvalue weighted by Gasteiger charge is -2.30. The predicted molar refractivity (Wildman–Crippen MR) is 104 cm³/mol. The van der Waals surface area contributed by atoms with E-state index in [-0.39, 0.29) is 12.0 Å². The van der Waals surface area contributed by atoms with E-state index in [1.807, 2.05) is 61.5 Å². The highest BCUT2D eigenvalue weighted by molar-refractivity contribution is 5.79. The summed E-state index contributed by atoms with van der Waals surface area (Å²) in [6.07, 6.45) is 5.78. The maximum absolute atomic E-state index is 12.4. The van der Waals surface area contributed by atoms with Crippen molar-refractivity contribution in [1.82, 2.24) is 0 Å². The van der Waals surface area contributed by atoms with E-state index in [4.69, 9.17) is 9.47 Å². The summed E-state index contributed by atoms with van der Waals surface area (Å²) in [5, 5.41) is 3.39. The predicted octanol–water partition coefficient (Wildman–Crippen LogP) is 5.40. The molecule has 0 amide bonds. The van der Waals surface area contributed by atoms with Gasteiger partial charge in [0.1, 0.15) is 17.5 Å². The number of hydrogen-bond donors (Lipinski definition) is 1. The van der Waals surface area contributed by atoms with Gasteiger partial charge in [-0.2, -0.15) is 0 Å². The Balaban J connectivity index is 1.66. The number of rotatable bonds is 7. The number of carbonyl (C=O) groups excluding carboxylic acids is 1. The largest absolute Gasteiger partial charge is 0.464 e. The van der Waals surface area contributed by atoms with Gasteiger partial charge in [0.15, 0.2) is 0 Å². The molecular weight excluding hydrogens is 326 g/mol. The van der Waals surface area contributed by atoms with Crippen LogP contribution in [0.1, 0.15) is 39.0 Å². The normalized spacial score (nSPS) is 15.9. The maximum Gasteiger partial charge on any atom is 0.328 e. The molecule has 1 aliphatic rings. The number of nitrogens with one attached hydrogen (secondary N) is 1. The Bertz CT molecular complexity index is 678. The molecular formula is C22H27NO3. The van der Waals surface area contributed by atoms with Gasteiger partial charge in [-0.1, -0.05) is 37.5 Å². The van der Waals surface area contributed by atoms with Gasteiger partial charge in [0.2, 0.25) is 0 Å². The van der Waals surface area contributed by atoms with E-state index < -0.39 is 0 Å². The molecule has 0 saturated heterocycles. The fraction of sp³-hybridized carbons (Fsp3) is 0.409. The summed E-state index contributed by atoms with van der Waals surface area (Å²) in [6.45, 7) is 2.26. The first-order valence-corrected chi connectivity index (χ1v) is 9.52. The molecule has 1 atom stereocenters. The van der Waals surface area contributed by atoms with Crippen LogP contribution in [0.2, 0.25) is 0 Å². The molecule has 1 unspecified atom stereocenters. The van der Waals surface area contributed by atoms with Crippen molar-refractivity contribution in [3.63, 3.8) is 0 Å². The van der Waals surface area contributed by atoms with E-state index in [9.17, 15) is 4.79 Å². The van der Waals surface area contributed by atoms with Crippen LogP contribution in [0, 0.1) is 5.92 Å². The van der Waals surface area contributed by atoms with Gasteiger partial charge in [-0.05, 0) is 62.1 Å². The van der Waals surface area contributed by atoms with Crippen LogP contribution in [-0.4, -0.2) is 18.6 Å². The Kier molecular flexibility index (Phi) is 6.53. The average Bonchev–Trinajstić information content (AvgIpc) is 2.69. The Morgan fingerprint density at radius 1 is 1.00 bits per heavy atom. The molecule has 2 aromatic rings. The quantitative estimate of drug-likeness (QED) is 0.677. The van der Waals surface area contributed by atoms with Crippen LogP contribution in [0.5, 0.6) is 11.5 Å². The third kappa shape index (κ3) is 5.01. The van der Waals surface area contributed by atoms with Gasteiger partial charge in [0.05, 0.1) is 6.61 Å². The van der Waals surface area contributed by atoms with Crippen LogP contribution in [0.15, 0.2) is 54.6 Å². The monoisotopic (exact) mass is 353 g/mol. The molecule has 1 aliphatic carbocycles. The molecule has 138 valence electrons. The zero-order chi connectivity index (χ0) is 18.2. The molecule has 0 aromatic heterocycles. The first kappa shape index (κ1) is 18.3. The van der Waals surface area contributed by atoms with Gasteiger partial charge in [-0.3, -0.25) is 0 Å². The minimum Gasteiger partial charge on any atom is -0.464 e. The van der Waals surface area contributed by atoms with E-state index in [2.05, 4.69) is 5.32 Å². The molecule has 26 heavy (non-hydrogen) atoms. The summed E-state index contributed by atoms with van der Waals surface area (Å²) in [5.41, 5.74) is 0.911. The van der Waals surface area contributed by atoms with Crippen LogP contribution in [0.25, 0.3) is 0 Å². The molecule has 0 radical (unpaired) electrons. The Morgan fingerprint density at radius 2 is 1.65 bits per heavy atom. The summed E-state index contributed by atoms with van der Waals surface area (Å²) in [7, 11) is 0. The number of carbonyl (C=O) groups is 1. The van der Waals surface area contributed by atoms with E-state index in [1.165, 1.54) is 19.3 Å². The summed E-state index contributed by atoms with van der Waals surface area (Å²) in [6, 6.07) is 17.1. The highest BCUT2D eigenvalue weighted by atomic mass is 16.5. The third-order valence-corrected chi connectivity index (χ3v) is 4.82. The van der Waals surface area contributed by atoms with Crippen LogP contribution in [0.3, 0.4) is 0 Å². The minimum absolute atomic E-state index is 0.149. The van der Waals surface area contributed by atoms with Crippen molar-refractivity contribution in [3.8, 4) is 11.5 Å². The van der Waals surface area contributed by atoms with Gasteiger partial charge >= 0.3 is 5.97 Å². The highest BCUT2D eigenvalue weighted by Crippen LogP contribution is 2.30. The zero-order valence-electron chi connectivity index (χ0n) is 15.3. The molecule has 1 saturated carbocycles. The second-order valence-corrected chi connectivity index (χ2v) is 6.71. The van der Waals surface area contributed by atoms with Gasteiger partial charge in [0.25, 0.3) is 0 Å². The smallest absolute Gasteiger partial charge is 0.328 e. The number of hydrogen-bond acceptors (Lipinski definition) is 4. The Hall–Kier alpha value is -2.49. The number of para-hydroxylation sites is 1. The van der Waals surface area contributed by atoms with Gasteiger partial charge in [0, 0.05) is 5.69 Å². The van der Waals surface area contributed by atoms with Crippen LogP contribution in [0.4, 0.5) is 5.69 Å². The summed E-state index contributed by atoms with van der Waals surface area (Å²) >= 11 is 0. The van der Waals surface area contributed by atoms with Crippen molar-refractivity contribution >= 4 is 11.7 Å². The van der Waals surface area contributed by atoms with Crippen molar-refractivity contribution in [2.75, 3.05) is 11.9 Å². The van der Waals surface area contributed by atoms with E-state index in [1.54, 1.807) is 0 Å². The molecule has 0 spiro atoms. The lowest BCUT2D eigenvalue weighted by atomic mass is 9.83. The lowest BCUT2D eigenvalue weighted by Crippen LogP contribution is -2.39. The number of benzene rings is 2. The molecule has 0 heterocycles. The van der Waals surface area contributed by atoms with Gasteiger partial charge in [-0.25, -0.2) is 4.79 Å². The van der Waals surface area contributed by atoms with E-state index in [0.29, 0.717) is 12.5 Å². The summed E-state index contributed by atoms with van der Waals surface area (Å²) < 4.78 is 11.1. The summed E-state index contributed by atoms with van der Waals surface area (Å²) in [5.74, 6) is 1.76. The first-order valence-electron chi connectivity index (χ1n) is 9.52. The maximum atomic E-state index is 12.4. The molecule has 1 fully saturated rings. The number of esters is 1. The highest BCUT2D eigenvalue weighted by Gasteiger charge is 2.30. The minimum atomic E-state index is -0.281. The summed E-state index contributed by atoms with van der Waals surface area (Å²) in [4.78, 5) is 12.4. The van der Waals surface area contributed by atoms with Crippen LogP contribution >= 0.6 is 0 Å². The van der Waals surface area contributed by atoms with Crippen molar-refractivity contribution in [1.29, 1.82) is 0 Å². The molecule has 1 N–H and O–H groups in total. The molecule has 4 heteroatoms. The Morgan fingerprint density at radius 3 is 2.31 bits per heavy atom. The van der Waals surface area contributed by atoms with Crippen molar-refractivity contribution in [3.05, 3.63) is 54.6 Å². The van der Waals surface area contributed by atoms with E-state index >= 15 is 0 Å². The SMILES string of the molecule is CCOC(=O)C(Nc1ccc(Oc2ccccc2)cc1)C1CCCCC1. The van der Waals surface area contributed by atoms with Crippen molar-refractivity contribution in [2.24, 2.45) is 5.92 Å². The first-order chi connectivity index (χ1) is 12.8. The lowest BCUT2D eigenvalue weighted by molar-refractivity contribution is -0.145. The van der Waals surface area contributed by atoms with Gasteiger partial charge < -0.3 is 14.8 Å². The molecule has 4 nitrogen and oxygen atoms in total.